The van der Waals surface area contributed by atoms with E-state index < -0.39 is 17.4 Å². The highest BCUT2D eigenvalue weighted by atomic mass is 16.6. The van der Waals surface area contributed by atoms with Crippen LogP contribution in [0.4, 0.5) is 0 Å². The second-order valence-corrected chi connectivity index (χ2v) is 5.87. The van der Waals surface area contributed by atoms with Gasteiger partial charge < -0.3 is 19.7 Å². The van der Waals surface area contributed by atoms with Gasteiger partial charge in [0.15, 0.2) is 0 Å². The van der Waals surface area contributed by atoms with Crippen LogP contribution in [0.2, 0.25) is 0 Å². The first-order chi connectivity index (χ1) is 12.0. The Bertz CT molecular complexity index is 615. The van der Waals surface area contributed by atoms with Gasteiger partial charge in [-0.05, 0) is 32.4 Å². The van der Waals surface area contributed by atoms with E-state index in [1.807, 2.05) is 20.8 Å². The predicted octanol–water partition coefficient (Wildman–Crippen LogP) is 2.61. The first-order valence-electron chi connectivity index (χ1n) is 7.89. The minimum atomic E-state index is -1.23. The quantitative estimate of drug-likeness (QED) is 0.555. The lowest BCUT2D eigenvalue weighted by molar-refractivity contribution is -0.158. The van der Waals surface area contributed by atoms with Crippen molar-refractivity contribution in [2.24, 2.45) is 5.41 Å². The van der Waals surface area contributed by atoms with Gasteiger partial charge in [-0.1, -0.05) is 19.1 Å². The van der Waals surface area contributed by atoms with Crippen molar-refractivity contribution in [3.05, 3.63) is 35.4 Å². The molecule has 8 nitrogen and oxygen atoms in total. The monoisotopic (exact) mass is 368 g/mol. The van der Waals surface area contributed by atoms with Crippen molar-refractivity contribution in [1.29, 1.82) is 0 Å². The molecule has 0 aliphatic heterocycles. The number of carboxylic acids is 2. The van der Waals surface area contributed by atoms with E-state index in [0.29, 0.717) is 0 Å². The molecule has 0 unspecified atom stereocenters. The minimum Gasteiger partial charge on any atom is -0.478 e. The number of esters is 2. The summed E-state index contributed by atoms with van der Waals surface area (Å²) in [6, 6.07) is 5.48. The molecule has 0 atom stereocenters. The molecule has 0 radical (unpaired) electrons. The number of aromatic carboxylic acids is 2. The summed E-state index contributed by atoms with van der Waals surface area (Å²) in [5.41, 5.74) is -0.842. The van der Waals surface area contributed by atoms with Crippen LogP contribution in [0.25, 0.3) is 0 Å². The van der Waals surface area contributed by atoms with Crippen molar-refractivity contribution in [2.75, 3.05) is 13.2 Å². The molecule has 26 heavy (non-hydrogen) atoms. The Hall–Kier alpha value is -2.90. The highest BCUT2D eigenvalue weighted by Crippen LogP contribution is 2.21. The van der Waals surface area contributed by atoms with Gasteiger partial charge in [-0.3, -0.25) is 9.59 Å². The number of hydrogen-bond donors (Lipinski definition) is 2. The first-order valence-corrected chi connectivity index (χ1v) is 7.89. The number of carbonyl (C=O) groups is 4. The zero-order valence-electron chi connectivity index (χ0n) is 15.3. The molecule has 2 N–H and O–H groups in total. The predicted molar refractivity (Wildman–Crippen MR) is 92.0 cm³/mol. The van der Waals surface area contributed by atoms with Gasteiger partial charge in [-0.2, -0.15) is 0 Å². The van der Waals surface area contributed by atoms with Crippen LogP contribution < -0.4 is 0 Å². The fourth-order valence-electron chi connectivity index (χ4n) is 1.52. The molecule has 0 heterocycles. The maximum atomic E-state index is 11.4. The number of carboxylic acid groups (broad SMARTS) is 2. The van der Waals surface area contributed by atoms with Gasteiger partial charge in [0.25, 0.3) is 0 Å². The first kappa shape index (κ1) is 23.1. The molecule has 0 amide bonds. The Morgan fingerprint density at radius 3 is 1.69 bits per heavy atom. The van der Waals surface area contributed by atoms with E-state index in [1.165, 1.54) is 31.2 Å². The third-order valence-corrected chi connectivity index (χ3v) is 3.45. The second kappa shape index (κ2) is 10.9. The zero-order valence-corrected chi connectivity index (χ0v) is 15.3. The standard InChI is InChI=1S/C10H18O4.C8H6O4/c1-5-10(3,4)9(12)14-7-6-13-8(2)11;9-7(10)5-3-1-2-4-6(5)8(11)12/h5-7H2,1-4H3;1-4H,(H,9,10)(H,11,12). The molecule has 8 heteroatoms. The third-order valence-electron chi connectivity index (χ3n) is 3.45. The number of rotatable bonds is 7. The van der Waals surface area contributed by atoms with Crippen molar-refractivity contribution in [3.63, 3.8) is 0 Å². The maximum absolute atomic E-state index is 11.4. The summed E-state index contributed by atoms with van der Waals surface area (Å²) >= 11 is 0. The van der Waals surface area contributed by atoms with Gasteiger partial charge in [0.1, 0.15) is 13.2 Å². The number of hydrogen-bond acceptors (Lipinski definition) is 6. The molecular formula is C18H24O8. The molecular weight excluding hydrogens is 344 g/mol. The number of carbonyl (C=O) groups excluding carboxylic acids is 2. The fourth-order valence-corrected chi connectivity index (χ4v) is 1.52. The third kappa shape index (κ3) is 8.27. The zero-order chi connectivity index (χ0) is 20.3. The summed E-state index contributed by atoms with van der Waals surface area (Å²) in [5, 5.41) is 17.1. The van der Waals surface area contributed by atoms with Gasteiger partial charge in [-0.25, -0.2) is 9.59 Å². The van der Waals surface area contributed by atoms with Crippen LogP contribution in [-0.4, -0.2) is 47.3 Å². The normalized spacial score (nSPS) is 10.2. The topological polar surface area (TPSA) is 127 Å². The summed E-state index contributed by atoms with van der Waals surface area (Å²) in [7, 11) is 0. The Morgan fingerprint density at radius 2 is 1.35 bits per heavy atom. The molecule has 0 aliphatic carbocycles. The summed E-state index contributed by atoms with van der Waals surface area (Å²) in [4.78, 5) is 42.7. The molecule has 0 saturated heterocycles. The average molecular weight is 368 g/mol. The van der Waals surface area contributed by atoms with Gasteiger partial charge in [0.2, 0.25) is 0 Å². The molecule has 144 valence electrons. The summed E-state index contributed by atoms with van der Waals surface area (Å²) < 4.78 is 9.55. The maximum Gasteiger partial charge on any atom is 0.336 e. The van der Waals surface area contributed by atoms with E-state index in [-0.39, 0.29) is 36.3 Å². The van der Waals surface area contributed by atoms with Crippen LogP contribution in [0.15, 0.2) is 24.3 Å². The minimum absolute atomic E-state index is 0.126. The van der Waals surface area contributed by atoms with Crippen molar-refractivity contribution < 1.29 is 38.9 Å². The highest BCUT2D eigenvalue weighted by Gasteiger charge is 2.26. The van der Waals surface area contributed by atoms with Crippen LogP contribution in [0.1, 0.15) is 54.8 Å². The molecule has 0 spiro atoms. The van der Waals surface area contributed by atoms with Gasteiger partial charge in [0, 0.05) is 6.92 Å². The molecule has 1 aromatic carbocycles. The second-order valence-electron chi connectivity index (χ2n) is 5.87. The Morgan fingerprint density at radius 1 is 0.923 bits per heavy atom. The van der Waals surface area contributed by atoms with E-state index in [0.717, 1.165) is 6.42 Å². The van der Waals surface area contributed by atoms with Gasteiger partial charge >= 0.3 is 23.9 Å². The van der Waals surface area contributed by atoms with Crippen molar-refractivity contribution in [1.82, 2.24) is 0 Å². The smallest absolute Gasteiger partial charge is 0.336 e. The van der Waals surface area contributed by atoms with E-state index >= 15 is 0 Å². The summed E-state index contributed by atoms with van der Waals surface area (Å²) in [5.74, 6) is -3.08. The van der Waals surface area contributed by atoms with Gasteiger partial charge in [0.05, 0.1) is 16.5 Å². The van der Waals surface area contributed by atoms with E-state index in [2.05, 4.69) is 4.74 Å². The molecule has 0 fully saturated rings. The van der Waals surface area contributed by atoms with Crippen LogP contribution >= 0.6 is 0 Å². The molecule has 0 bridgehead atoms. The fraction of sp³-hybridized carbons (Fsp3) is 0.444. The largest absolute Gasteiger partial charge is 0.478 e. The summed E-state index contributed by atoms with van der Waals surface area (Å²) in [6.45, 7) is 7.14. The lowest BCUT2D eigenvalue weighted by Crippen LogP contribution is -2.27. The number of benzene rings is 1. The number of ether oxygens (including phenoxy) is 2. The SMILES string of the molecule is CCC(C)(C)C(=O)OCCOC(C)=O.O=C(O)c1ccccc1C(=O)O. The Balaban J connectivity index is 0.000000485. The lowest BCUT2D eigenvalue weighted by Gasteiger charge is -2.20. The van der Waals surface area contributed by atoms with Crippen molar-refractivity contribution >= 4 is 23.9 Å². The summed E-state index contributed by atoms with van der Waals surface area (Å²) in [6.07, 6.45) is 0.722. The van der Waals surface area contributed by atoms with E-state index in [4.69, 9.17) is 14.9 Å². The van der Waals surface area contributed by atoms with Crippen LogP contribution in [0, 0.1) is 5.41 Å². The average Bonchev–Trinajstić information content (AvgIpc) is 2.58. The highest BCUT2D eigenvalue weighted by molar-refractivity contribution is 6.01. The Labute approximate surface area is 151 Å². The van der Waals surface area contributed by atoms with Crippen molar-refractivity contribution in [3.8, 4) is 0 Å². The van der Waals surface area contributed by atoms with Crippen LogP contribution in [0.5, 0.6) is 0 Å². The Kier molecular flexibility index (Phi) is 9.65. The van der Waals surface area contributed by atoms with E-state index in [9.17, 15) is 19.2 Å². The molecule has 0 aliphatic rings. The molecule has 1 aromatic rings. The van der Waals surface area contributed by atoms with Crippen LogP contribution in [0.3, 0.4) is 0 Å². The van der Waals surface area contributed by atoms with E-state index in [1.54, 1.807) is 0 Å². The molecule has 0 saturated carbocycles. The van der Waals surface area contributed by atoms with Gasteiger partial charge in [-0.15, -0.1) is 0 Å². The molecule has 1 rings (SSSR count). The van der Waals surface area contributed by atoms with Crippen molar-refractivity contribution in [2.45, 2.75) is 34.1 Å². The lowest BCUT2D eigenvalue weighted by atomic mass is 9.91. The van der Waals surface area contributed by atoms with Crippen LogP contribution in [-0.2, 0) is 19.1 Å². The molecule has 0 aromatic heterocycles.